The van der Waals surface area contributed by atoms with Gasteiger partial charge in [-0.25, -0.2) is 4.79 Å². The quantitative estimate of drug-likeness (QED) is 0.632. The number of nitrogens with zero attached hydrogens (tertiary/aromatic N) is 3. The number of hydrogen-bond acceptors (Lipinski definition) is 6. The van der Waals surface area contributed by atoms with Crippen molar-refractivity contribution >= 4 is 12.0 Å². The second kappa shape index (κ2) is 11.0. The van der Waals surface area contributed by atoms with Gasteiger partial charge in [-0.15, -0.1) is 0 Å². The van der Waals surface area contributed by atoms with Crippen LogP contribution in [-0.4, -0.2) is 105 Å². The van der Waals surface area contributed by atoms with E-state index in [-0.39, 0.29) is 17.9 Å². The predicted octanol–water partition coefficient (Wildman–Crippen LogP) is 0.341. The van der Waals surface area contributed by atoms with Crippen LogP contribution in [0.1, 0.15) is 32.6 Å². The van der Waals surface area contributed by atoms with Gasteiger partial charge in [-0.2, -0.15) is 0 Å². The number of piperazine rings is 1. The third kappa shape index (κ3) is 6.06. The smallest absolute Gasteiger partial charge is 0.317 e. The molecule has 28 heavy (non-hydrogen) atoms. The van der Waals surface area contributed by atoms with Crippen LogP contribution in [0.3, 0.4) is 0 Å². The summed E-state index contributed by atoms with van der Waals surface area (Å²) in [6, 6.07) is 0.746. The van der Waals surface area contributed by atoms with E-state index >= 15 is 0 Å². The number of rotatable bonds is 6. The molecule has 3 saturated heterocycles. The molecule has 2 N–H and O–H groups in total. The molecule has 0 radical (unpaired) electrons. The first-order valence-corrected chi connectivity index (χ1v) is 11.0. The molecule has 0 atom stereocenters. The lowest BCUT2D eigenvalue weighted by Gasteiger charge is -2.40. The molecule has 8 heteroatoms. The highest BCUT2D eigenvalue weighted by Gasteiger charge is 2.28. The van der Waals surface area contributed by atoms with Crippen molar-refractivity contribution in [2.24, 2.45) is 5.92 Å². The average Bonchev–Trinajstić information content (AvgIpc) is 2.75. The molecule has 3 aliphatic rings. The van der Waals surface area contributed by atoms with Gasteiger partial charge in [0.15, 0.2) is 0 Å². The van der Waals surface area contributed by atoms with Crippen molar-refractivity contribution in [2.75, 3.05) is 72.1 Å². The van der Waals surface area contributed by atoms with E-state index in [1.165, 1.54) is 12.8 Å². The third-order valence-electron chi connectivity index (χ3n) is 6.34. The van der Waals surface area contributed by atoms with Crippen molar-refractivity contribution in [1.82, 2.24) is 25.3 Å². The third-order valence-corrected chi connectivity index (χ3v) is 6.34. The van der Waals surface area contributed by atoms with Crippen LogP contribution in [0.5, 0.6) is 0 Å². The zero-order valence-electron chi connectivity index (χ0n) is 17.3. The van der Waals surface area contributed by atoms with Gasteiger partial charge in [-0.1, -0.05) is 0 Å². The molecule has 0 aromatic carbocycles. The molecule has 0 spiro atoms. The van der Waals surface area contributed by atoms with Crippen LogP contribution >= 0.6 is 0 Å². The van der Waals surface area contributed by atoms with Gasteiger partial charge in [0.05, 0.1) is 12.5 Å². The van der Waals surface area contributed by atoms with E-state index < -0.39 is 0 Å². The van der Waals surface area contributed by atoms with Crippen molar-refractivity contribution in [2.45, 2.75) is 38.6 Å². The summed E-state index contributed by atoms with van der Waals surface area (Å²) in [5.41, 5.74) is 0. The first-order chi connectivity index (χ1) is 13.7. The van der Waals surface area contributed by atoms with Gasteiger partial charge in [-0.3, -0.25) is 9.69 Å². The Labute approximate surface area is 168 Å². The minimum atomic E-state index is -0.0564. The Kier molecular flexibility index (Phi) is 8.36. The number of urea groups is 1. The summed E-state index contributed by atoms with van der Waals surface area (Å²) in [4.78, 5) is 31.1. The summed E-state index contributed by atoms with van der Waals surface area (Å²) in [5, 5.41) is 6.49. The number of ether oxygens (including phenoxy) is 1. The molecule has 3 rings (SSSR count). The molecule has 160 valence electrons. The van der Waals surface area contributed by atoms with Crippen LogP contribution in [0.25, 0.3) is 0 Å². The number of esters is 1. The molecular weight excluding hydrogens is 358 g/mol. The minimum Gasteiger partial charge on any atom is -0.466 e. The summed E-state index contributed by atoms with van der Waals surface area (Å²) in [6.07, 6.45) is 4.15. The molecule has 0 aliphatic carbocycles. The summed E-state index contributed by atoms with van der Waals surface area (Å²) in [7, 11) is 0. The van der Waals surface area contributed by atoms with E-state index in [9.17, 15) is 9.59 Å². The number of hydrogen-bond donors (Lipinski definition) is 2. The summed E-state index contributed by atoms with van der Waals surface area (Å²) in [5.74, 6) is -0.0129. The lowest BCUT2D eigenvalue weighted by molar-refractivity contribution is -0.149. The van der Waals surface area contributed by atoms with Crippen molar-refractivity contribution in [3.63, 3.8) is 0 Å². The SMILES string of the molecule is CCOC(=O)C1CCN(CCNC(=O)N2CCN(C3CCNCC3)CC2)CC1. The monoisotopic (exact) mass is 395 g/mol. The van der Waals surface area contributed by atoms with E-state index in [1.807, 2.05) is 11.8 Å². The number of carbonyl (C=O) groups is 2. The first-order valence-electron chi connectivity index (χ1n) is 11.0. The van der Waals surface area contributed by atoms with Gasteiger partial charge < -0.3 is 25.2 Å². The van der Waals surface area contributed by atoms with Crippen LogP contribution in [0.4, 0.5) is 4.79 Å². The van der Waals surface area contributed by atoms with E-state index in [4.69, 9.17) is 4.74 Å². The molecule has 0 aromatic heterocycles. The molecule has 0 bridgehead atoms. The Bertz CT molecular complexity index is 496. The van der Waals surface area contributed by atoms with Crippen LogP contribution in [0.15, 0.2) is 0 Å². The van der Waals surface area contributed by atoms with E-state index in [2.05, 4.69) is 20.4 Å². The fraction of sp³-hybridized carbons (Fsp3) is 0.900. The normalized spacial score (nSPS) is 23.5. The Morgan fingerprint density at radius 2 is 1.68 bits per heavy atom. The van der Waals surface area contributed by atoms with Crippen LogP contribution in [-0.2, 0) is 9.53 Å². The lowest BCUT2D eigenvalue weighted by atomic mass is 9.97. The Hall–Kier alpha value is -1.38. The number of nitrogens with one attached hydrogen (secondary N) is 2. The maximum Gasteiger partial charge on any atom is 0.317 e. The summed E-state index contributed by atoms with van der Waals surface area (Å²) < 4.78 is 5.12. The highest BCUT2D eigenvalue weighted by molar-refractivity contribution is 5.74. The van der Waals surface area contributed by atoms with Crippen molar-refractivity contribution in [3.8, 4) is 0 Å². The number of carbonyl (C=O) groups excluding carboxylic acids is 2. The number of piperidine rings is 2. The van der Waals surface area contributed by atoms with E-state index in [0.29, 0.717) is 19.2 Å². The lowest BCUT2D eigenvalue weighted by Crippen LogP contribution is -2.56. The highest BCUT2D eigenvalue weighted by Crippen LogP contribution is 2.18. The first kappa shape index (κ1) is 21.3. The van der Waals surface area contributed by atoms with E-state index in [1.54, 1.807) is 0 Å². The summed E-state index contributed by atoms with van der Waals surface area (Å²) >= 11 is 0. The zero-order chi connectivity index (χ0) is 19.8. The summed E-state index contributed by atoms with van der Waals surface area (Å²) in [6.45, 7) is 11.4. The maximum absolute atomic E-state index is 12.4. The second-order valence-electron chi connectivity index (χ2n) is 8.10. The van der Waals surface area contributed by atoms with Crippen molar-refractivity contribution < 1.29 is 14.3 Å². The van der Waals surface area contributed by atoms with Gasteiger partial charge in [0.25, 0.3) is 0 Å². The van der Waals surface area contributed by atoms with Crippen LogP contribution in [0, 0.1) is 5.92 Å². The van der Waals surface area contributed by atoms with Crippen molar-refractivity contribution in [3.05, 3.63) is 0 Å². The van der Waals surface area contributed by atoms with Crippen LogP contribution < -0.4 is 10.6 Å². The van der Waals surface area contributed by atoms with Gasteiger partial charge in [0.1, 0.15) is 0 Å². The standard InChI is InChI=1S/C20H37N5O3/c1-2-28-19(26)17-5-10-23(11-6-17)12-9-22-20(27)25-15-13-24(14-16-25)18-3-7-21-8-4-18/h17-18,21H,2-16H2,1H3,(H,22,27). The zero-order valence-corrected chi connectivity index (χ0v) is 17.3. The fourth-order valence-corrected chi connectivity index (χ4v) is 4.55. The Morgan fingerprint density at radius 1 is 1.00 bits per heavy atom. The van der Waals surface area contributed by atoms with Gasteiger partial charge in [-0.05, 0) is 58.8 Å². The van der Waals surface area contributed by atoms with Gasteiger partial charge in [0.2, 0.25) is 0 Å². The molecular formula is C20H37N5O3. The highest BCUT2D eigenvalue weighted by atomic mass is 16.5. The largest absolute Gasteiger partial charge is 0.466 e. The average molecular weight is 396 g/mol. The number of likely N-dealkylation sites (tertiary alicyclic amines) is 1. The second-order valence-corrected chi connectivity index (χ2v) is 8.10. The maximum atomic E-state index is 12.4. The fourth-order valence-electron chi connectivity index (χ4n) is 4.55. The van der Waals surface area contributed by atoms with Gasteiger partial charge in [0, 0.05) is 45.3 Å². The predicted molar refractivity (Wildman–Crippen MR) is 108 cm³/mol. The molecule has 3 heterocycles. The number of amides is 2. The van der Waals surface area contributed by atoms with E-state index in [0.717, 1.165) is 71.7 Å². The molecule has 0 unspecified atom stereocenters. The van der Waals surface area contributed by atoms with Gasteiger partial charge >= 0.3 is 12.0 Å². The minimum absolute atomic E-state index is 0.0435. The topological polar surface area (TPSA) is 77.2 Å². The Balaban J connectivity index is 1.28. The molecule has 0 saturated carbocycles. The molecule has 0 aromatic rings. The molecule has 8 nitrogen and oxygen atoms in total. The molecule has 3 fully saturated rings. The molecule has 2 amide bonds. The molecule has 3 aliphatic heterocycles. The van der Waals surface area contributed by atoms with Crippen molar-refractivity contribution in [1.29, 1.82) is 0 Å². The van der Waals surface area contributed by atoms with Crippen LogP contribution in [0.2, 0.25) is 0 Å². The Morgan fingerprint density at radius 3 is 2.32 bits per heavy atom.